The summed E-state index contributed by atoms with van der Waals surface area (Å²) in [6, 6.07) is 4.85. The van der Waals surface area contributed by atoms with Crippen LogP contribution in [0.2, 0.25) is 0 Å². The molecule has 4 rings (SSSR count). The molecule has 1 aliphatic carbocycles. The number of fused-ring (bicyclic) bond motifs is 2. The number of carbonyl (C=O) groups excluding carboxylic acids is 3. The SMILES string of the molecule is O=C(CN1C(=O)N[C@@]2(CCCc3sccc32)C1=O)NCc1ccco1. The van der Waals surface area contributed by atoms with Crippen molar-refractivity contribution < 1.29 is 18.8 Å². The first-order valence-electron chi connectivity index (χ1n) is 8.10. The number of carbonyl (C=O) groups is 3. The molecule has 1 saturated heterocycles. The van der Waals surface area contributed by atoms with Crippen LogP contribution in [0.3, 0.4) is 0 Å². The minimum Gasteiger partial charge on any atom is -0.467 e. The van der Waals surface area contributed by atoms with E-state index in [9.17, 15) is 14.4 Å². The number of amides is 4. The van der Waals surface area contributed by atoms with Crippen LogP contribution in [0, 0.1) is 0 Å². The Morgan fingerprint density at radius 2 is 2.28 bits per heavy atom. The topological polar surface area (TPSA) is 91.7 Å². The van der Waals surface area contributed by atoms with Crippen LogP contribution in [0.15, 0.2) is 34.3 Å². The Bertz CT molecular complexity index is 829. The van der Waals surface area contributed by atoms with Crippen molar-refractivity contribution in [2.24, 2.45) is 0 Å². The molecule has 0 radical (unpaired) electrons. The van der Waals surface area contributed by atoms with E-state index in [4.69, 9.17) is 4.42 Å². The van der Waals surface area contributed by atoms with Gasteiger partial charge in [0, 0.05) is 10.4 Å². The maximum absolute atomic E-state index is 13.0. The first-order chi connectivity index (χ1) is 12.1. The predicted molar refractivity (Wildman–Crippen MR) is 89.7 cm³/mol. The van der Waals surface area contributed by atoms with Crippen LogP contribution >= 0.6 is 11.3 Å². The van der Waals surface area contributed by atoms with Crippen LogP contribution in [-0.4, -0.2) is 29.3 Å². The Morgan fingerprint density at radius 3 is 3.08 bits per heavy atom. The molecule has 25 heavy (non-hydrogen) atoms. The van der Waals surface area contributed by atoms with Gasteiger partial charge in [0.1, 0.15) is 17.8 Å². The average molecular weight is 359 g/mol. The fourth-order valence-electron chi connectivity index (χ4n) is 3.48. The zero-order valence-electron chi connectivity index (χ0n) is 13.4. The number of hydrogen-bond acceptors (Lipinski definition) is 5. The molecule has 1 atom stereocenters. The van der Waals surface area contributed by atoms with Gasteiger partial charge in [0.05, 0.1) is 12.8 Å². The first kappa shape index (κ1) is 15.9. The second-order valence-corrected chi connectivity index (χ2v) is 7.19. The standard InChI is InChI=1S/C17H17N3O4S/c21-14(18-9-11-3-2-7-24-11)10-20-15(22)17(19-16(20)23)6-1-4-13-12(17)5-8-25-13/h2-3,5,7-8H,1,4,6,9-10H2,(H,18,21)(H,19,23)/t17-/m1/s1. The number of rotatable bonds is 4. The highest BCUT2D eigenvalue weighted by molar-refractivity contribution is 7.10. The number of imide groups is 1. The van der Waals surface area contributed by atoms with Gasteiger partial charge in [-0.1, -0.05) is 0 Å². The van der Waals surface area contributed by atoms with Gasteiger partial charge >= 0.3 is 6.03 Å². The molecular weight excluding hydrogens is 342 g/mol. The summed E-state index contributed by atoms with van der Waals surface area (Å²) in [5.41, 5.74) is -0.132. The molecule has 0 bridgehead atoms. The second-order valence-electron chi connectivity index (χ2n) is 6.19. The fourth-order valence-corrected chi connectivity index (χ4v) is 4.48. The summed E-state index contributed by atoms with van der Waals surface area (Å²) in [5, 5.41) is 7.43. The highest BCUT2D eigenvalue weighted by Gasteiger charge is 2.54. The van der Waals surface area contributed by atoms with Crippen LogP contribution in [-0.2, 0) is 28.1 Å². The monoisotopic (exact) mass is 359 g/mol. The Labute approximate surface area is 148 Å². The molecule has 0 unspecified atom stereocenters. The third-order valence-electron chi connectivity index (χ3n) is 4.68. The normalized spacial score (nSPS) is 22.2. The van der Waals surface area contributed by atoms with Crippen LogP contribution in [0.4, 0.5) is 4.79 Å². The summed E-state index contributed by atoms with van der Waals surface area (Å²) in [6.07, 6.45) is 3.83. The van der Waals surface area contributed by atoms with Crippen molar-refractivity contribution in [2.45, 2.75) is 31.3 Å². The van der Waals surface area contributed by atoms with Gasteiger partial charge in [-0.05, 0) is 42.8 Å². The van der Waals surface area contributed by atoms with Crippen molar-refractivity contribution in [3.63, 3.8) is 0 Å². The number of nitrogens with one attached hydrogen (secondary N) is 2. The molecule has 4 amide bonds. The van der Waals surface area contributed by atoms with Crippen molar-refractivity contribution in [1.82, 2.24) is 15.5 Å². The zero-order chi connectivity index (χ0) is 17.4. The van der Waals surface area contributed by atoms with Gasteiger partial charge in [-0.2, -0.15) is 0 Å². The van der Waals surface area contributed by atoms with E-state index in [1.54, 1.807) is 23.5 Å². The molecule has 1 aliphatic heterocycles. The smallest absolute Gasteiger partial charge is 0.325 e. The maximum Gasteiger partial charge on any atom is 0.325 e. The molecule has 7 nitrogen and oxygen atoms in total. The van der Waals surface area contributed by atoms with Crippen molar-refractivity contribution >= 4 is 29.2 Å². The number of thiophene rings is 1. The van der Waals surface area contributed by atoms with Crippen LogP contribution in [0.25, 0.3) is 0 Å². The lowest BCUT2D eigenvalue weighted by Crippen LogP contribution is -2.46. The molecule has 2 aromatic heterocycles. The minimum atomic E-state index is -1.01. The van der Waals surface area contributed by atoms with Crippen molar-refractivity contribution in [3.05, 3.63) is 46.0 Å². The molecule has 1 fully saturated rings. The number of aryl methyl sites for hydroxylation is 1. The maximum atomic E-state index is 13.0. The highest BCUT2D eigenvalue weighted by Crippen LogP contribution is 2.41. The Balaban J connectivity index is 1.48. The first-order valence-corrected chi connectivity index (χ1v) is 8.98. The van der Waals surface area contributed by atoms with Gasteiger partial charge in [0.2, 0.25) is 5.91 Å². The van der Waals surface area contributed by atoms with E-state index in [2.05, 4.69) is 10.6 Å². The van der Waals surface area contributed by atoms with Gasteiger partial charge < -0.3 is 15.1 Å². The third kappa shape index (κ3) is 2.62. The van der Waals surface area contributed by atoms with Crippen LogP contribution < -0.4 is 10.6 Å². The van der Waals surface area contributed by atoms with E-state index >= 15 is 0 Å². The quantitative estimate of drug-likeness (QED) is 0.814. The van der Waals surface area contributed by atoms with Crippen LogP contribution in [0.5, 0.6) is 0 Å². The van der Waals surface area contributed by atoms with Gasteiger partial charge in [-0.3, -0.25) is 14.5 Å². The lowest BCUT2D eigenvalue weighted by molar-refractivity contribution is -0.135. The van der Waals surface area contributed by atoms with E-state index in [1.807, 2.05) is 11.4 Å². The largest absolute Gasteiger partial charge is 0.467 e. The van der Waals surface area contributed by atoms with Crippen molar-refractivity contribution in [3.8, 4) is 0 Å². The van der Waals surface area contributed by atoms with E-state index in [-0.39, 0.29) is 19.0 Å². The molecule has 0 saturated carbocycles. The molecular formula is C17H17N3O4S. The summed E-state index contributed by atoms with van der Waals surface area (Å²) >= 11 is 1.60. The Morgan fingerprint density at radius 1 is 1.40 bits per heavy atom. The summed E-state index contributed by atoms with van der Waals surface area (Å²) in [6.45, 7) is -0.0814. The Hall–Kier alpha value is -2.61. The summed E-state index contributed by atoms with van der Waals surface area (Å²) in [5.74, 6) is -0.138. The molecule has 130 valence electrons. The molecule has 2 N–H and O–H groups in total. The number of hydrogen-bond donors (Lipinski definition) is 2. The second kappa shape index (κ2) is 6.03. The molecule has 2 aromatic rings. The summed E-state index contributed by atoms with van der Waals surface area (Å²) in [4.78, 5) is 39.6. The van der Waals surface area contributed by atoms with E-state index in [1.165, 1.54) is 6.26 Å². The average Bonchev–Trinajstić information content (AvgIpc) is 3.32. The Kier molecular flexibility index (Phi) is 3.84. The molecule has 2 aliphatic rings. The van der Waals surface area contributed by atoms with Crippen LogP contribution in [0.1, 0.15) is 29.0 Å². The van der Waals surface area contributed by atoms with Gasteiger partial charge in [0.25, 0.3) is 5.91 Å². The van der Waals surface area contributed by atoms with E-state index in [0.29, 0.717) is 12.2 Å². The van der Waals surface area contributed by atoms with E-state index in [0.717, 1.165) is 28.2 Å². The van der Waals surface area contributed by atoms with E-state index < -0.39 is 17.5 Å². The molecule has 3 heterocycles. The summed E-state index contributed by atoms with van der Waals surface area (Å²) < 4.78 is 5.14. The van der Waals surface area contributed by atoms with Gasteiger partial charge in [-0.25, -0.2) is 4.79 Å². The zero-order valence-corrected chi connectivity index (χ0v) is 14.2. The van der Waals surface area contributed by atoms with Crippen molar-refractivity contribution in [2.75, 3.05) is 6.54 Å². The summed E-state index contributed by atoms with van der Waals surface area (Å²) in [7, 11) is 0. The minimum absolute atomic E-state index is 0.218. The molecule has 8 heteroatoms. The van der Waals surface area contributed by atoms with Gasteiger partial charge in [-0.15, -0.1) is 11.3 Å². The molecule has 1 spiro atoms. The number of furan rings is 1. The predicted octanol–water partition coefficient (Wildman–Crippen LogP) is 1.74. The van der Waals surface area contributed by atoms with Gasteiger partial charge in [0.15, 0.2) is 0 Å². The highest BCUT2D eigenvalue weighted by atomic mass is 32.1. The molecule has 0 aromatic carbocycles. The lowest BCUT2D eigenvalue weighted by atomic mass is 9.80. The van der Waals surface area contributed by atoms with Crippen molar-refractivity contribution in [1.29, 1.82) is 0 Å². The number of urea groups is 1. The third-order valence-corrected chi connectivity index (χ3v) is 5.66. The fraction of sp³-hybridized carbons (Fsp3) is 0.353. The number of nitrogens with zero attached hydrogens (tertiary/aromatic N) is 1. The lowest BCUT2D eigenvalue weighted by Gasteiger charge is -2.31.